The molecular weight excluding hydrogens is 346 g/mol. The molecule has 0 aliphatic heterocycles. The first-order valence-corrected chi connectivity index (χ1v) is 10.5. The third-order valence-electron chi connectivity index (χ3n) is 5.75. The Balaban J connectivity index is 1.53. The van der Waals surface area contributed by atoms with Gasteiger partial charge in [0, 0.05) is 18.3 Å². The van der Waals surface area contributed by atoms with Gasteiger partial charge in [-0.25, -0.2) is 0 Å². The molecule has 0 unspecified atom stereocenters. The Morgan fingerprint density at radius 2 is 1.71 bits per heavy atom. The molecule has 2 aromatic carbocycles. The summed E-state index contributed by atoms with van der Waals surface area (Å²) in [6.45, 7) is 3.21. The molecule has 1 atom stereocenters. The van der Waals surface area contributed by atoms with Gasteiger partial charge in [0.1, 0.15) is 0 Å². The zero-order chi connectivity index (χ0) is 19.8. The van der Waals surface area contributed by atoms with Gasteiger partial charge in [-0.05, 0) is 44.0 Å². The monoisotopic (exact) mass is 379 g/mol. The Morgan fingerprint density at radius 1 is 1.04 bits per heavy atom. The van der Waals surface area contributed by atoms with Gasteiger partial charge in [-0.3, -0.25) is 9.69 Å². The molecule has 1 amide bonds. The van der Waals surface area contributed by atoms with E-state index in [1.54, 1.807) is 0 Å². The highest BCUT2D eigenvalue weighted by Gasteiger charge is 2.19. The number of hydrogen-bond acceptors (Lipinski definition) is 3. The molecular formula is C24H33N3O. The summed E-state index contributed by atoms with van der Waals surface area (Å²) in [7, 11) is 2.22. The highest BCUT2D eigenvalue weighted by Crippen LogP contribution is 2.24. The predicted octanol–water partition coefficient (Wildman–Crippen LogP) is 4.74. The van der Waals surface area contributed by atoms with E-state index in [-0.39, 0.29) is 18.5 Å². The van der Waals surface area contributed by atoms with Gasteiger partial charge in [-0.15, -0.1) is 0 Å². The Kier molecular flexibility index (Phi) is 7.49. The Bertz CT molecular complexity index is 741. The van der Waals surface area contributed by atoms with E-state index in [0.29, 0.717) is 6.04 Å². The van der Waals surface area contributed by atoms with Crippen LogP contribution in [-0.4, -0.2) is 30.4 Å². The fourth-order valence-electron chi connectivity index (χ4n) is 4.04. The number of carbonyl (C=O) groups excluding carboxylic acids is 1. The summed E-state index contributed by atoms with van der Waals surface area (Å²) in [5, 5.41) is 6.41. The second-order valence-corrected chi connectivity index (χ2v) is 7.92. The Hall–Kier alpha value is -2.33. The summed E-state index contributed by atoms with van der Waals surface area (Å²) in [4.78, 5) is 14.9. The average Bonchev–Trinajstić information content (AvgIpc) is 2.74. The summed E-state index contributed by atoms with van der Waals surface area (Å²) < 4.78 is 0. The first kappa shape index (κ1) is 20.4. The number of carbonyl (C=O) groups is 1. The second kappa shape index (κ2) is 10.3. The number of hydrogen-bond donors (Lipinski definition) is 2. The Morgan fingerprint density at radius 3 is 2.46 bits per heavy atom. The molecule has 1 aliphatic rings. The van der Waals surface area contributed by atoms with Crippen LogP contribution in [-0.2, 0) is 11.3 Å². The maximum Gasteiger partial charge on any atom is 0.239 e. The molecule has 0 heterocycles. The number of anilines is 1. The van der Waals surface area contributed by atoms with E-state index in [4.69, 9.17) is 0 Å². The van der Waals surface area contributed by atoms with Gasteiger partial charge < -0.3 is 10.6 Å². The van der Waals surface area contributed by atoms with Crippen LogP contribution in [0.4, 0.5) is 5.69 Å². The van der Waals surface area contributed by atoms with Crippen LogP contribution in [0.5, 0.6) is 0 Å². The zero-order valence-corrected chi connectivity index (χ0v) is 17.2. The maximum atomic E-state index is 12.4. The number of nitrogens with one attached hydrogen (secondary N) is 2. The van der Waals surface area contributed by atoms with Crippen LogP contribution in [0.3, 0.4) is 0 Å². The van der Waals surface area contributed by atoms with Crippen molar-refractivity contribution in [3.05, 3.63) is 65.7 Å². The van der Waals surface area contributed by atoms with Crippen molar-refractivity contribution < 1.29 is 4.79 Å². The summed E-state index contributed by atoms with van der Waals surface area (Å²) >= 11 is 0. The largest absolute Gasteiger partial charge is 0.376 e. The van der Waals surface area contributed by atoms with Crippen molar-refractivity contribution in [1.82, 2.24) is 10.2 Å². The van der Waals surface area contributed by atoms with Gasteiger partial charge in [0.05, 0.1) is 12.6 Å². The number of benzene rings is 2. The molecule has 4 heteroatoms. The number of para-hydroxylation sites is 1. The van der Waals surface area contributed by atoms with Gasteiger partial charge in [0.15, 0.2) is 0 Å². The van der Waals surface area contributed by atoms with Gasteiger partial charge in [-0.1, -0.05) is 67.8 Å². The van der Waals surface area contributed by atoms with Crippen LogP contribution in [0.1, 0.15) is 56.2 Å². The van der Waals surface area contributed by atoms with Crippen LogP contribution in [0.25, 0.3) is 0 Å². The first-order valence-electron chi connectivity index (χ1n) is 10.5. The van der Waals surface area contributed by atoms with Crippen LogP contribution >= 0.6 is 0 Å². The SMILES string of the molecule is C[C@@H](NC(=O)CNc1ccccc1CN(C)C1CCCCC1)c1ccccc1. The maximum absolute atomic E-state index is 12.4. The van der Waals surface area contributed by atoms with Crippen molar-refractivity contribution in [3.63, 3.8) is 0 Å². The summed E-state index contributed by atoms with van der Waals surface area (Å²) in [5.41, 5.74) is 3.41. The number of rotatable bonds is 8. The molecule has 150 valence electrons. The van der Waals surface area contributed by atoms with E-state index in [1.165, 1.54) is 37.7 Å². The molecule has 3 rings (SSSR count). The van der Waals surface area contributed by atoms with Crippen molar-refractivity contribution in [1.29, 1.82) is 0 Å². The van der Waals surface area contributed by atoms with E-state index in [1.807, 2.05) is 43.3 Å². The fraction of sp³-hybridized carbons (Fsp3) is 0.458. The molecule has 0 bridgehead atoms. The average molecular weight is 380 g/mol. The molecule has 1 aliphatic carbocycles. The van der Waals surface area contributed by atoms with Crippen molar-refractivity contribution >= 4 is 11.6 Å². The second-order valence-electron chi connectivity index (χ2n) is 7.92. The molecule has 0 aromatic heterocycles. The lowest BCUT2D eigenvalue weighted by molar-refractivity contribution is -0.120. The normalized spacial score (nSPS) is 16.0. The van der Waals surface area contributed by atoms with Crippen LogP contribution in [0.15, 0.2) is 54.6 Å². The van der Waals surface area contributed by atoms with Crippen LogP contribution in [0.2, 0.25) is 0 Å². The lowest BCUT2D eigenvalue weighted by Gasteiger charge is -2.31. The van der Waals surface area contributed by atoms with E-state index in [9.17, 15) is 4.79 Å². The summed E-state index contributed by atoms with van der Waals surface area (Å²) in [6.07, 6.45) is 6.65. The van der Waals surface area contributed by atoms with Gasteiger partial charge in [0.2, 0.25) is 5.91 Å². The minimum absolute atomic E-state index is 0.00294. The minimum Gasteiger partial charge on any atom is -0.376 e. The molecule has 4 nitrogen and oxygen atoms in total. The van der Waals surface area contributed by atoms with Crippen molar-refractivity contribution in [2.75, 3.05) is 18.9 Å². The molecule has 1 fully saturated rings. The van der Waals surface area contributed by atoms with Crippen molar-refractivity contribution in [2.24, 2.45) is 0 Å². The van der Waals surface area contributed by atoms with Crippen LogP contribution < -0.4 is 10.6 Å². The molecule has 28 heavy (non-hydrogen) atoms. The lowest BCUT2D eigenvalue weighted by Crippen LogP contribution is -2.34. The van der Waals surface area contributed by atoms with Crippen LogP contribution in [0, 0.1) is 0 Å². The molecule has 2 aromatic rings. The van der Waals surface area contributed by atoms with E-state index in [0.717, 1.165) is 17.8 Å². The van der Waals surface area contributed by atoms with E-state index < -0.39 is 0 Å². The van der Waals surface area contributed by atoms with Gasteiger partial charge in [-0.2, -0.15) is 0 Å². The number of nitrogens with zero attached hydrogens (tertiary/aromatic N) is 1. The van der Waals surface area contributed by atoms with E-state index >= 15 is 0 Å². The van der Waals surface area contributed by atoms with Crippen molar-refractivity contribution in [2.45, 2.75) is 57.7 Å². The van der Waals surface area contributed by atoms with Crippen molar-refractivity contribution in [3.8, 4) is 0 Å². The summed E-state index contributed by atoms with van der Waals surface area (Å²) in [5.74, 6) is 0.00629. The van der Waals surface area contributed by atoms with Gasteiger partial charge in [0.25, 0.3) is 0 Å². The lowest BCUT2D eigenvalue weighted by atomic mass is 9.94. The predicted molar refractivity (Wildman–Crippen MR) is 116 cm³/mol. The Labute approximate surface area is 169 Å². The summed E-state index contributed by atoms with van der Waals surface area (Å²) in [6, 6.07) is 19.1. The highest BCUT2D eigenvalue weighted by atomic mass is 16.1. The third kappa shape index (κ3) is 5.83. The van der Waals surface area contributed by atoms with Gasteiger partial charge >= 0.3 is 0 Å². The molecule has 2 N–H and O–H groups in total. The zero-order valence-electron chi connectivity index (χ0n) is 17.2. The number of amides is 1. The molecule has 0 saturated heterocycles. The fourth-order valence-corrected chi connectivity index (χ4v) is 4.04. The molecule has 1 saturated carbocycles. The molecule has 0 radical (unpaired) electrons. The minimum atomic E-state index is 0.00294. The third-order valence-corrected chi connectivity index (χ3v) is 5.75. The van der Waals surface area contributed by atoms with E-state index in [2.05, 4.69) is 40.8 Å². The quantitative estimate of drug-likeness (QED) is 0.696. The molecule has 0 spiro atoms. The topological polar surface area (TPSA) is 44.4 Å². The first-order chi connectivity index (χ1) is 13.6. The smallest absolute Gasteiger partial charge is 0.239 e. The standard InChI is InChI=1S/C24H33N3O/c1-19(20-11-5-3-6-12-20)26-24(28)17-25-23-16-10-9-13-21(23)18-27(2)22-14-7-4-8-15-22/h3,5-6,9-13,16,19,22,25H,4,7-8,14-15,17-18H2,1-2H3,(H,26,28)/t19-/m1/s1. The highest BCUT2D eigenvalue weighted by molar-refractivity contribution is 5.81.